The Morgan fingerprint density at radius 1 is 1.00 bits per heavy atom. The molecule has 1 aliphatic rings. The summed E-state index contributed by atoms with van der Waals surface area (Å²) in [6.07, 6.45) is 0.928. The van der Waals surface area contributed by atoms with Crippen LogP contribution >= 0.6 is 0 Å². The molecule has 1 fully saturated rings. The molecule has 4 nitrogen and oxygen atoms in total. The summed E-state index contributed by atoms with van der Waals surface area (Å²) >= 11 is 0. The van der Waals surface area contributed by atoms with E-state index < -0.39 is 17.4 Å². The quantitative estimate of drug-likeness (QED) is 0.318. The van der Waals surface area contributed by atoms with Crippen molar-refractivity contribution in [2.75, 3.05) is 0 Å². The molecular weight excluding hydrogens is 182 g/mol. The molecule has 0 atom stereocenters. The van der Waals surface area contributed by atoms with Crippen molar-refractivity contribution < 1.29 is 78.9 Å². The Balaban J connectivity index is 0. The zero-order chi connectivity index (χ0) is 7.78. The average molecular weight is 188 g/mol. The first kappa shape index (κ1) is 15.4. The van der Waals surface area contributed by atoms with Crippen LogP contribution in [0.25, 0.3) is 0 Å². The Bertz CT molecular complexity index is 172. The SMILES string of the molecule is O=C([O-])C1(C(=O)[O-])CCC1.[Na+].[Na+]. The molecule has 0 radical (unpaired) electrons. The molecule has 6 heteroatoms. The summed E-state index contributed by atoms with van der Waals surface area (Å²) in [5, 5.41) is 20.4. The molecule has 0 aromatic heterocycles. The van der Waals surface area contributed by atoms with Crippen molar-refractivity contribution in [3.05, 3.63) is 0 Å². The van der Waals surface area contributed by atoms with Gasteiger partial charge in [-0.15, -0.1) is 0 Å². The average Bonchev–Trinajstić information content (AvgIpc) is 1.57. The van der Waals surface area contributed by atoms with E-state index in [1.807, 2.05) is 0 Å². The van der Waals surface area contributed by atoms with Crippen LogP contribution in [-0.4, -0.2) is 11.9 Å². The maximum atomic E-state index is 10.2. The summed E-state index contributed by atoms with van der Waals surface area (Å²) in [5.41, 5.74) is -1.67. The molecule has 1 aliphatic carbocycles. The van der Waals surface area contributed by atoms with Crippen molar-refractivity contribution in [2.24, 2.45) is 5.41 Å². The molecule has 0 heterocycles. The van der Waals surface area contributed by atoms with Gasteiger partial charge in [-0.05, 0) is 12.8 Å². The van der Waals surface area contributed by atoms with Crippen LogP contribution < -0.4 is 69.3 Å². The molecule has 0 amide bonds. The van der Waals surface area contributed by atoms with Gasteiger partial charge in [-0.25, -0.2) is 0 Å². The van der Waals surface area contributed by atoms with E-state index in [2.05, 4.69) is 0 Å². The topological polar surface area (TPSA) is 80.3 Å². The minimum atomic E-state index is -1.67. The largest absolute Gasteiger partial charge is 1.00 e. The van der Waals surface area contributed by atoms with Crippen LogP contribution in [0.15, 0.2) is 0 Å². The first-order valence-corrected chi connectivity index (χ1v) is 3.02. The fourth-order valence-corrected chi connectivity index (χ4v) is 1.02. The molecule has 0 aromatic rings. The van der Waals surface area contributed by atoms with Gasteiger partial charge in [-0.1, -0.05) is 6.42 Å². The molecule has 0 aliphatic heterocycles. The van der Waals surface area contributed by atoms with Crippen LogP contribution in [0.4, 0.5) is 0 Å². The molecule has 56 valence electrons. The Morgan fingerprint density at radius 3 is 1.33 bits per heavy atom. The maximum Gasteiger partial charge on any atom is 1.00 e. The summed E-state index contributed by atoms with van der Waals surface area (Å²) in [6, 6.07) is 0. The zero-order valence-electron chi connectivity index (χ0n) is 7.25. The van der Waals surface area contributed by atoms with Crippen LogP contribution in [0.3, 0.4) is 0 Å². The van der Waals surface area contributed by atoms with Gasteiger partial charge >= 0.3 is 59.1 Å². The third kappa shape index (κ3) is 2.47. The fourth-order valence-electron chi connectivity index (χ4n) is 1.02. The Morgan fingerprint density at radius 2 is 1.33 bits per heavy atom. The number of rotatable bonds is 2. The number of carbonyl (C=O) groups excluding carboxylic acids is 2. The van der Waals surface area contributed by atoms with E-state index in [0.717, 1.165) is 0 Å². The Hall–Kier alpha value is 0.940. The van der Waals surface area contributed by atoms with Gasteiger partial charge in [-0.2, -0.15) is 0 Å². The predicted molar refractivity (Wildman–Crippen MR) is 26.3 cm³/mol. The first-order chi connectivity index (χ1) is 4.59. The third-order valence-corrected chi connectivity index (χ3v) is 1.99. The zero-order valence-corrected chi connectivity index (χ0v) is 11.3. The normalized spacial score (nSPS) is 17.7. The number of aliphatic carboxylic acids is 2. The van der Waals surface area contributed by atoms with Crippen molar-refractivity contribution in [3.63, 3.8) is 0 Å². The minimum absolute atomic E-state index is 0. The van der Waals surface area contributed by atoms with Crippen LogP contribution in [-0.2, 0) is 9.59 Å². The molecular formula is C6H6Na2O4. The smallest absolute Gasteiger partial charge is 0.549 e. The number of carboxylic acids is 2. The van der Waals surface area contributed by atoms with Crippen molar-refractivity contribution >= 4 is 11.9 Å². The van der Waals surface area contributed by atoms with Crippen LogP contribution in [0.1, 0.15) is 19.3 Å². The van der Waals surface area contributed by atoms with Gasteiger partial charge in [0.25, 0.3) is 0 Å². The molecule has 0 spiro atoms. The molecule has 1 saturated carbocycles. The molecule has 0 aromatic carbocycles. The van der Waals surface area contributed by atoms with E-state index in [1.54, 1.807) is 0 Å². The third-order valence-electron chi connectivity index (χ3n) is 1.99. The van der Waals surface area contributed by atoms with E-state index in [4.69, 9.17) is 0 Å². The van der Waals surface area contributed by atoms with Crippen molar-refractivity contribution in [2.45, 2.75) is 19.3 Å². The van der Waals surface area contributed by atoms with Crippen molar-refractivity contribution in [1.82, 2.24) is 0 Å². The van der Waals surface area contributed by atoms with E-state index in [1.165, 1.54) is 0 Å². The van der Waals surface area contributed by atoms with E-state index >= 15 is 0 Å². The van der Waals surface area contributed by atoms with Crippen LogP contribution in [0.5, 0.6) is 0 Å². The van der Waals surface area contributed by atoms with E-state index in [0.29, 0.717) is 6.42 Å². The maximum absolute atomic E-state index is 10.2. The van der Waals surface area contributed by atoms with Crippen LogP contribution in [0, 0.1) is 5.41 Å². The molecule has 12 heavy (non-hydrogen) atoms. The van der Waals surface area contributed by atoms with Gasteiger partial charge in [0.1, 0.15) is 0 Å². The summed E-state index contributed by atoms with van der Waals surface area (Å²) in [4.78, 5) is 20.4. The second-order valence-corrected chi connectivity index (χ2v) is 2.51. The van der Waals surface area contributed by atoms with Crippen molar-refractivity contribution in [1.29, 1.82) is 0 Å². The number of carboxylic acid groups (broad SMARTS) is 2. The second kappa shape index (κ2) is 5.62. The summed E-state index contributed by atoms with van der Waals surface area (Å²) < 4.78 is 0. The Kier molecular flexibility index (Phi) is 7.22. The van der Waals surface area contributed by atoms with Gasteiger partial charge < -0.3 is 19.8 Å². The molecule has 0 unspecified atom stereocenters. The first-order valence-electron chi connectivity index (χ1n) is 3.02. The predicted octanol–water partition coefficient (Wildman–Crippen LogP) is -8.34. The van der Waals surface area contributed by atoms with E-state index in [-0.39, 0.29) is 72.0 Å². The number of hydrogen-bond donors (Lipinski definition) is 0. The molecule has 0 saturated heterocycles. The van der Waals surface area contributed by atoms with Gasteiger partial charge in [0.05, 0.1) is 11.9 Å². The van der Waals surface area contributed by atoms with Gasteiger partial charge in [0, 0.05) is 5.41 Å². The summed E-state index contributed by atoms with van der Waals surface area (Å²) in [5.74, 6) is -3.03. The summed E-state index contributed by atoms with van der Waals surface area (Å²) in [7, 11) is 0. The molecule has 0 N–H and O–H groups in total. The molecule has 1 rings (SSSR count). The molecule has 0 bridgehead atoms. The van der Waals surface area contributed by atoms with Gasteiger partial charge in [0.2, 0.25) is 0 Å². The standard InChI is InChI=1S/C6H8O4.2Na/c7-4(8)6(5(9)10)2-1-3-6;;/h1-3H2,(H,7,8)(H,9,10);;/q;2*+1/p-2. The Labute approximate surface area is 114 Å². The number of hydrogen-bond acceptors (Lipinski definition) is 4. The minimum Gasteiger partial charge on any atom is -0.549 e. The van der Waals surface area contributed by atoms with Gasteiger partial charge in [-0.3, -0.25) is 0 Å². The van der Waals surface area contributed by atoms with E-state index in [9.17, 15) is 19.8 Å². The monoisotopic (exact) mass is 188 g/mol. The number of carbonyl (C=O) groups is 2. The second-order valence-electron chi connectivity index (χ2n) is 2.51. The summed E-state index contributed by atoms with van der Waals surface area (Å²) in [6.45, 7) is 0. The van der Waals surface area contributed by atoms with Crippen LogP contribution in [0.2, 0.25) is 0 Å². The van der Waals surface area contributed by atoms with Crippen molar-refractivity contribution in [3.8, 4) is 0 Å². The fraction of sp³-hybridized carbons (Fsp3) is 0.667. The van der Waals surface area contributed by atoms with Gasteiger partial charge in [0.15, 0.2) is 0 Å².